The van der Waals surface area contributed by atoms with Crippen molar-refractivity contribution in [3.05, 3.63) is 0 Å². The van der Waals surface area contributed by atoms with E-state index in [1.807, 2.05) is 5.32 Å². The molecule has 0 radical (unpaired) electrons. The second-order valence-corrected chi connectivity index (χ2v) is 1.86. The first-order valence-electron chi connectivity index (χ1n) is 2.53. The van der Waals surface area contributed by atoms with Gasteiger partial charge in [0, 0.05) is 0 Å². The van der Waals surface area contributed by atoms with Crippen molar-refractivity contribution in [2.24, 2.45) is 0 Å². The number of piperidine rings is 1. The zero-order valence-corrected chi connectivity index (χ0v) is 7.64. The summed E-state index contributed by atoms with van der Waals surface area (Å²) in [5.74, 6) is -1.28. The maximum atomic E-state index is 10.4. The van der Waals surface area contributed by atoms with E-state index in [2.05, 4.69) is 0 Å². The van der Waals surface area contributed by atoms with Crippen LogP contribution in [0.15, 0.2) is 0 Å². The molecule has 0 aromatic carbocycles. The molecular formula is C5H5NNaO3+. The molecule has 48 valence electrons. The molecule has 4 nitrogen and oxygen atoms in total. The normalized spacial score (nSPS) is 17.8. The fraction of sp³-hybridized carbons (Fsp3) is 0.400. The summed E-state index contributed by atoms with van der Waals surface area (Å²) in [6, 6.07) is 0. The van der Waals surface area contributed by atoms with Gasteiger partial charge in [0.1, 0.15) is 0 Å². The summed E-state index contributed by atoms with van der Waals surface area (Å²) in [5.41, 5.74) is 0. The third-order valence-corrected chi connectivity index (χ3v) is 0.994. The molecule has 0 aromatic heterocycles. The fourth-order valence-corrected chi connectivity index (χ4v) is 0.665. The molecule has 1 aliphatic rings. The van der Waals surface area contributed by atoms with E-state index in [9.17, 15) is 14.4 Å². The summed E-state index contributed by atoms with van der Waals surface area (Å²) < 4.78 is 0. The Morgan fingerprint density at radius 2 is 1.40 bits per heavy atom. The quantitative estimate of drug-likeness (QED) is 0.217. The van der Waals surface area contributed by atoms with Gasteiger partial charge in [-0.2, -0.15) is 0 Å². The Bertz CT molecular complexity index is 144. The first-order valence-corrected chi connectivity index (χ1v) is 2.53. The van der Waals surface area contributed by atoms with E-state index in [4.69, 9.17) is 0 Å². The second-order valence-electron chi connectivity index (χ2n) is 1.86. The van der Waals surface area contributed by atoms with Crippen molar-refractivity contribution >= 4 is 17.6 Å². The van der Waals surface area contributed by atoms with Gasteiger partial charge in [-0.1, -0.05) is 0 Å². The van der Waals surface area contributed by atoms with Crippen LogP contribution < -0.4 is 34.9 Å². The minimum atomic E-state index is -0.490. The number of hydrogen-bond donors (Lipinski definition) is 1. The van der Waals surface area contributed by atoms with Crippen LogP contribution in [0.4, 0.5) is 0 Å². The summed E-state index contributed by atoms with van der Waals surface area (Å²) in [4.78, 5) is 31.1. The molecule has 1 saturated heterocycles. The number of carbonyl (C=O) groups excluding carboxylic acids is 3. The minimum Gasteiger partial charge on any atom is -0.299 e. The van der Waals surface area contributed by atoms with Crippen molar-refractivity contribution < 1.29 is 43.9 Å². The predicted octanol–water partition coefficient (Wildman–Crippen LogP) is -4.00. The molecule has 1 aliphatic heterocycles. The standard InChI is InChI=1S/C5H5NO3.Na/c7-3-1-4(8)6-5(9)2-3;/h1-2H2,(H,6,8,9);/q;+1. The van der Waals surface area contributed by atoms with Gasteiger partial charge in [0.05, 0.1) is 12.8 Å². The van der Waals surface area contributed by atoms with Crippen molar-refractivity contribution in [3.63, 3.8) is 0 Å². The number of nitrogens with one attached hydrogen (secondary N) is 1. The molecule has 1 rings (SSSR count). The first kappa shape index (κ1) is 9.81. The van der Waals surface area contributed by atoms with Crippen LogP contribution in [0, 0.1) is 0 Å². The van der Waals surface area contributed by atoms with Crippen LogP contribution in [-0.2, 0) is 14.4 Å². The van der Waals surface area contributed by atoms with Gasteiger partial charge in [-0.05, 0) is 0 Å². The number of carbonyl (C=O) groups is 3. The summed E-state index contributed by atoms with van der Waals surface area (Å²) in [5, 5.41) is 2.01. The van der Waals surface area contributed by atoms with Gasteiger partial charge in [-0.3, -0.25) is 19.7 Å². The first-order chi connectivity index (χ1) is 4.18. The number of imide groups is 1. The van der Waals surface area contributed by atoms with E-state index >= 15 is 0 Å². The van der Waals surface area contributed by atoms with Crippen LogP contribution in [0.1, 0.15) is 12.8 Å². The van der Waals surface area contributed by atoms with E-state index in [0.717, 1.165) is 0 Å². The van der Waals surface area contributed by atoms with E-state index < -0.39 is 11.8 Å². The molecule has 0 unspecified atom stereocenters. The number of ketones is 1. The Kier molecular flexibility index (Phi) is 3.78. The van der Waals surface area contributed by atoms with Crippen molar-refractivity contribution in [2.75, 3.05) is 0 Å². The Morgan fingerprint density at radius 1 is 1.00 bits per heavy atom. The molecule has 1 fully saturated rings. The van der Waals surface area contributed by atoms with E-state index in [1.165, 1.54) is 0 Å². The molecular weight excluding hydrogens is 145 g/mol. The molecule has 0 spiro atoms. The van der Waals surface area contributed by atoms with Crippen LogP contribution in [0.3, 0.4) is 0 Å². The average Bonchev–Trinajstić information content (AvgIpc) is 1.59. The largest absolute Gasteiger partial charge is 1.00 e. The fourth-order valence-electron chi connectivity index (χ4n) is 0.665. The Hall–Kier alpha value is -0.190. The van der Waals surface area contributed by atoms with Crippen molar-refractivity contribution in [1.82, 2.24) is 5.32 Å². The van der Waals surface area contributed by atoms with Crippen molar-refractivity contribution in [2.45, 2.75) is 12.8 Å². The molecule has 10 heavy (non-hydrogen) atoms. The monoisotopic (exact) mass is 150 g/mol. The minimum absolute atomic E-state index is 0. The molecule has 5 heteroatoms. The third-order valence-electron chi connectivity index (χ3n) is 0.994. The molecule has 1 N–H and O–H groups in total. The Labute approximate surface area is 79.6 Å². The SMILES string of the molecule is O=C1CC(=O)NC(=O)C1.[Na+]. The van der Waals surface area contributed by atoms with Crippen LogP contribution in [0.2, 0.25) is 0 Å². The van der Waals surface area contributed by atoms with Gasteiger partial charge in [0.25, 0.3) is 0 Å². The van der Waals surface area contributed by atoms with E-state index in [-0.39, 0.29) is 48.2 Å². The smallest absolute Gasteiger partial charge is 0.299 e. The molecule has 2 amide bonds. The summed E-state index contributed by atoms with van der Waals surface area (Å²) >= 11 is 0. The van der Waals surface area contributed by atoms with E-state index in [1.54, 1.807) is 0 Å². The Balaban J connectivity index is 0.000000810. The predicted molar refractivity (Wildman–Crippen MR) is 27.4 cm³/mol. The van der Waals surface area contributed by atoms with Gasteiger partial charge in [0.15, 0.2) is 5.78 Å². The molecule has 0 aromatic rings. The van der Waals surface area contributed by atoms with Gasteiger partial charge in [0.2, 0.25) is 11.8 Å². The van der Waals surface area contributed by atoms with Crippen LogP contribution in [-0.4, -0.2) is 17.6 Å². The average molecular weight is 150 g/mol. The zero-order chi connectivity index (χ0) is 6.85. The number of amides is 2. The van der Waals surface area contributed by atoms with Crippen LogP contribution in [0.5, 0.6) is 0 Å². The second kappa shape index (κ2) is 3.85. The van der Waals surface area contributed by atoms with Gasteiger partial charge < -0.3 is 0 Å². The maximum Gasteiger partial charge on any atom is 1.00 e. The number of hydrogen-bond acceptors (Lipinski definition) is 3. The van der Waals surface area contributed by atoms with Crippen LogP contribution in [0.25, 0.3) is 0 Å². The number of Topliss-reactive ketones (excluding diaryl/α,β-unsaturated/α-hetero) is 1. The van der Waals surface area contributed by atoms with Gasteiger partial charge in [-0.15, -0.1) is 0 Å². The maximum absolute atomic E-state index is 10.4. The third kappa shape index (κ3) is 2.60. The van der Waals surface area contributed by atoms with Crippen molar-refractivity contribution in [3.8, 4) is 0 Å². The molecule has 0 saturated carbocycles. The zero-order valence-electron chi connectivity index (χ0n) is 5.64. The van der Waals surface area contributed by atoms with E-state index in [0.29, 0.717) is 0 Å². The summed E-state index contributed by atoms with van der Waals surface area (Å²) in [6.45, 7) is 0. The molecule has 0 bridgehead atoms. The van der Waals surface area contributed by atoms with Gasteiger partial charge in [-0.25, -0.2) is 0 Å². The summed E-state index contributed by atoms with van der Waals surface area (Å²) in [6.07, 6.45) is -0.294. The molecule has 0 aliphatic carbocycles. The molecule has 1 heterocycles. The van der Waals surface area contributed by atoms with Crippen molar-refractivity contribution in [1.29, 1.82) is 0 Å². The van der Waals surface area contributed by atoms with Gasteiger partial charge >= 0.3 is 29.6 Å². The Morgan fingerprint density at radius 3 is 1.70 bits per heavy atom. The van der Waals surface area contributed by atoms with Crippen LogP contribution >= 0.6 is 0 Å². The molecule has 0 atom stereocenters. The number of rotatable bonds is 0. The topological polar surface area (TPSA) is 63.2 Å². The summed E-state index contributed by atoms with van der Waals surface area (Å²) in [7, 11) is 0.